The van der Waals surface area contributed by atoms with Crippen molar-refractivity contribution in [3.63, 3.8) is 0 Å². The molecule has 1 aromatic carbocycles. The predicted octanol–water partition coefficient (Wildman–Crippen LogP) is 0.655. The van der Waals surface area contributed by atoms with Gasteiger partial charge in [0.15, 0.2) is 27.4 Å². The molecule has 2 amide bonds. The average molecular weight is 340 g/mol. The van der Waals surface area contributed by atoms with Gasteiger partial charge in [-0.1, -0.05) is 12.1 Å². The summed E-state index contributed by atoms with van der Waals surface area (Å²) in [6.07, 6.45) is 0.220. The van der Waals surface area contributed by atoms with Crippen molar-refractivity contribution in [2.75, 3.05) is 31.7 Å². The van der Waals surface area contributed by atoms with Crippen LogP contribution in [0.25, 0.3) is 0 Å². The summed E-state index contributed by atoms with van der Waals surface area (Å²) < 4.78 is 34.3. The van der Waals surface area contributed by atoms with Gasteiger partial charge in [-0.2, -0.15) is 0 Å². The predicted molar refractivity (Wildman–Crippen MR) is 84.6 cm³/mol. The molecule has 0 spiro atoms. The number of nitrogens with one attached hydrogen (secondary N) is 1. The highest BCUT2D eigenvalue weighted by molar-refractivity contribution is 7.91. The Morgan fingerprint density at radius 3 is 2.78 bits per heavy atom. The van der Waals surface area contributed by atoms with Crippen molar-refractivity contribution in [1.29, 1.82) is 0 Å². The molecule has 2 aliphatic heterocycles. The minimum Gasteiger partial charge on any atom is -0.486 e. The molecule has 0 saturated carbocycles. The van der Waals surface area contributed by atoms with Crippen LogP contribution in [0.3, 0.4) is 0 Å². The Bertz CT molecular complexity index is 691. The minimum atomic E-state index is -3.01. The van der Waals surface area contributed by atoms with E-state index in [9.17, 15) is 13.2 Å². The lowest BCUT2D eigenvalue weighted by Gasteiger charge is -2.28. The quantitative estimate of drug-likeness (QED) is 0.873. The standard InChI is InChI=1S/C15H20N2O5S/c1-17(11-6-7-23(19,20)10-11)15(18)16-8-12-9-21-13-4-2-3-5-14(13)22-12/h2-5,11-12H,6-10H2,1H3,(H,16,18). The number of carbonyl (C=O) groups excluding carboxylic acids is 1. The van der Waals surface area contributed by atoms with E-state index in [4.69, 9.17) is 9.47 Å². The smallest absolute Gasteiger partial charge is 0.317 e. The van der Waals surface area contributed by atoms with Crippen LogP contribution in [0.1, 0.15) is 6.42 Å². The van der Waals surface area contributed by atoms with Gasteiger partial charge in [0.25, 0.3) is 0 Å². The number of urea groups is 1. The van der Waals surface area contributed by atoms with E-state index in [-0.39, 0.29) is 29.7 Å². The first-order valence-corrected chi connectivity index (χ1v) is 9.36. The molecule has 0 bridgehead atoms. The fourth-order valence-corrected chi connectivity index (χ4v) is 4.51. The zero-order chi connectivity index (χ0) is 16.4. The molecule has 3 rings (SSSR count). The third-order valence-corrected chi connectivity index (χ3v) is 5.88. The summed E-state index contributed by atoms with van der Waals surface area (Å²) in [4.78, 5) is 13.6. The van der Waals surface area contributed by atoms with E-state index in [1.807, 2.05) is 24.3 Å². The Kier molecular flexibility index (Phi) is 4.34. The van der Waals surface area contributed by atoms with Gasteiger partial charge in [0.05, 0.1) is 18.1 Å². The maximum Gasteiger partial charge on any atom is 0.317 e. The van der Waals surface area contributed by atoms with Crippen molar-refractivity contribution in [3.05, 3.63) is 24.3 Å². The summed E-state index contributed by atoms with van der Waals surface area (Å²) in [6.45, 7) is 0.662. The molecule has 2 unspecified atom stereocenters. The highest BCUT2D eigenvalue weighted by Gasteiger charge is 2.33. The van der Waals surface area contributed by atoms with Crippen LogP contribution in [-0.4, -0.2) is 63.2 Å². The number of ether oxygens (including phenoxy) is 2. The highest BCUT2D eigenvalue weighted by atomic mass is 32.2. The van der Waals surface area contributed by atoms with Crippen molar-refractivity contribution < 1.29 is 22.7 Å². The molecule has 2 heterocycles. The van der Waals surface area contributed by atoms with Crippen molar-refractivity contribution in [3.8, 4) is 11.5 Å². The molecule has 7 nitrogen and oxygen atoms in total. The number of benzene rings is 1. The molecule has 0 aliphatic carbocycles. The molecule has 2 aliphatic rings. The van der Waals surface area contributed by atoms with E-state index < -0.39 is 9.84 Å². The van der Waals surface area contributed by atoms with E-state index in [0.29, 0.717) is 31.1 Å². The third-order valence-electron chi connectivity index (χ3n) is 4.12. The molecular formula is C15H20N2O5S. The number of sulfone groups is 1. The second kappa shape index (κ2) is 6.27. The van der Waals surface area contributed by atoms with Crippen LogP contribution in [0.15, 0.2) is 24.3 Å². The lowest BCUT2D eigenvalue weighted by molar-refractivity contribution is 0.0900. The number of nitrogens with zero attached hydrogens (tertiary/aromatic N) is 1. The molecular weight excluding hydrogens is 320 g/mol. The van der Waals surface area contributed by atoms with E-state index in [0.717, 1.165) is 0 Å². The lowest BCUT2D eigenvalue weighted by Crippen LogP contribution is -2.48. The number of fused-ring (bicyclic) bond motifs is 1. The van der Waals surface area contributed by atoms with E-state index >= 15 is 0 Å². The SMILES string of the molecule is CN(C(=O)NCC1COc2ccccc2O1)C1CCS(=O)(=O)C1. The van der Waals surface area contributed by atoms with Gasteiger partial charge < -0.3 is 19.7 Å². The largest absolute Gasteiger partial charge is 0.486 e. The van der Waals surface area contributed by atoms with Gasteiger partial charge in [0.2, 0.25) is 0 Å². The van der Waals surface area contributed by atoms with Crippen LogP contribution >= 0.6 is 0 Å². The number of rotatable bonds is 3. The summed E-state index contributed by atoms with van der Waals surface area (Å²) in [5.41, 5.74) is 0. The van der Waals surface area contributed by atoms with Crippen molar-refractivity contribution in [1.82, 2.24) is 10.2 Å². The number of amides is 2. The van der Waals surface area contributed by atoms with Crippen LogP contribution in [0.2, 0.25) is 0 Å². The highest BCUT2D eigenvalue weighted by Crippen LogP contribution is 2.30. The van der Waals surface area contributed by atoms with Gasteiger partial charge in [0.1, 0.15) is 6.61 Å². The van der Waals surface area contributed by atoms with E-state index in [2.05, 4.69) is 5.32 Å². The Morgan fingerprint density at radius 2 is 2.09 bits per heavy atom. The van der Waals surface area contributed by atoms with Gasteiger partial charge in [-0.05, 0) is 18.6 Å². The first-order chi connectivity index (χ1) is 10.9. The number of para-hydroxylation sites is 2. The van der Waals surface area contributed by atoms with Crippen LogP contribution in [0.4, 0.5) is 4.79 Å². The van der Waals surface area contributed by atoms with Gasteiger partial charge in [-0.3, -0.25) is 0 Å². The summed E-state index contributed by atoms with van der Waals surface area (Å²) >= 11 is 0. The van der Waals surface area contributed by atoms with Crippen molar-refractivity contribution in [2.45, 2.75) is 18.6 Å². The summed E-state index contributed by atoms with van der Waals surface area (Å²) in [7, 11) is -1.39. The Morgan fingerprint density at radius 1 is 1.35 bits per heavy atom. The van der Waals surface area contributed by atoms with E-state index in [1.165, 1.54) is 4.90 Å². The lowest BCUT2D eigenvalue weighted by atomic mass is 10.2. The second-order valence-electron chi connectivity index (χ2n) is 5.85. The average Bonchev–Trinajstić information content (AvgIpc) is 2.91. The third kappa shape index (κ3) is 3.69. The fourth-order valence-electron chi connectivity index (χ4n) is 2.74. The monoisotopic (exact) mass is 340 g/mol. The molecule has 1 aromatic rings. The maximum absolute atomic E-state index is 12.2. The first-order valence-electron chi connectivity index (χ1n) is 7.54. The zero-order valence-corrected chi connectivity index (χ0v) is 13.7. The summed E-state index contributed by atoms with van der Waals surface area (Å²) in [5.74, 6) is 1.54. The summed E-state index contributed by atoms with van der Waals surface area (Å²) in [6, 6.07) is 6.82. The van der Waals surface area contributed by atoms with Crippen molar-refractivity contribution >= 4 is 15.9 Å². The zero-order valence-electron chi connectivity index (χ0n) is 12.9. The van der Waals surface area contributed by atoms with Gasteiger partial charge in [0, 0.05) is 13.1 Å². The molecule has 1 fully saturated rings. The molecule has 2 atom stereocenters. The summed E-state index contributed by atoms with van der Waals surface area (Å²) in [5, 5.41) is 2.77. The molecule has 0 radical (unpaired) electrons. The van der Waals surface area contributed by atoms with Gasteiger partial charge in [-0.15, -0.1) is 0 Å². The molecule has 1 saturated heterocycles. The minimum absolute atomic E-state index is 0.0351. The van der Waals surface area contributed by atoms with Crippen LogP contribution in [0.5, 0.6) is 11.5 Å². The fraction of sp³-hybridized carbons (Fsp3) is 0.533. The van der Waals surface area contributed by atoms with Gasteiger partial charge in [-0.25, -0.2) is 13.2 Å². The van der Waals surface area contributed by atoms with E-state index in [1.54, 1.807) is 7.05 Å². The Hall–Kier alpha value is -1.96. The molecule has 126 valence electrons. The molecule has 1 N–H and O–H groups in total. The molecule has 8 heteroatoms. The van der Waals surface area contributed by atoms with Gasteiger partial charge >= 0.3 is 6.03 Å². The normalized spacial score (nSPS) is 24.9. The van der Waals surface area contributed by atoms with Crippen LogP contribution < -0.4 is 14.8 Å². The van der Waals surface area contributed by atoms with Crippen molar-refractivity contribution in [2.24, 2.45) is 0 Å². The molecule has 23 heavy (non-hydrogen) atoms. The van der Waals surface area contributed by atoms with Crippen LogP contribution in [0, 0.1) is 0 Å². The Labute approximate surface area is 135 Å². The topological polar surface area (TPSA) is 84.9 Å². The number of carbonyl (C=O) groups is 1. The first kappa shape index (κ1) is 15.9. The van der Waals surface area contributed by atoms with Crippen LogP contribution in [-0.2, 0) is 9.84 Å². The molecule has 0 aromatic heterocycles. The second-order valence-corrected chi connectivity index (χ2v) is 8.08. The maximum atomic E-state index is 12.2. The Balaban J connectivity index is 1.50. The number of hydrogen-bond donors (Lipinski definition) is 1. The number of hydrogen-bond acceptors (Lipinski definition) is 5.